The molecule has 30 heavy (non-hydrogen) atoms. The van der Waals surface area contributed by atoms with Crippen LogP contribution in [0, 0.1) is 0 Å². The molecule has 2 rings (SSSR count). The minimum Gasteiger partial charge on any atom is -0.493 e. The van der Waals surface area contributed by atoms with Gasteiger partial charge in [-0.1, -0.05) is 11.8 Å². The van der Waals surface area contributed by atoms with Crippen LogP contribution in [0.15, 0.2) is 23.4 Å². The summed E-state index contributed by atoms with van der Waals surface area (Å²) in [6, 6.07) is 5.50. The van der Waals surface area contributed by atoms with Crippen molar-refractivity contribution < 1.29 is 32.1 Å². The third-order valence-electron chi connectivity index (χ3n) is 4.02. The highest BCUT2D eigenvalue weighted by molar-refractivity contribution is 7.99. The quantitative estimate of drug-likeness (QED) is 0.337. The molecule has 0 radical (unpaired) electrons. The summed E-state index contributed by atoms with van der Waals surface area (Å²) in [6.07, 6.45) is -3.07. The Hall–Kier alpha value is -1.98. The fraction of sp³-hybridized carbons (Fsp3) is 0.579. The second kappa shape index (κ2) is 12.0. The Morgan fingerprint density at radius 1 is 1.00 bits per heavy atom. The Morgan fingerprint density at radius 3 is 2.43 bits per heavy atom. The number of nitrogens with zero attached hydrogens (tertiary/aromatic N) is 3. The summed E-state index contributed by atoms with van der Waals surface area (Å²) in [5.41, 5.74) is 0.818. The molecule has 0 aliphatic carbocycles. The number of thioether (sulfide) groups is 1. The molecule has 0 aliphatic heterocycles. The average Bonchev–Trinajstić information content (AvgIpc) is 3.12. The molecule has 0 spiro atoms. The molecule has 0 fully saturated rings. The van der Waals surface area contributed by atoms with Gasteiger partial charge in [0.2, 0.25) is 0 Å². The molecule has 0 saturated carbocycles. The Morgan fingerprint density at radius 2 is 1.77 bits per heavy atom. The van der Waals surface area contributed by atoms with Crippen LogP contribution in [0.1, 0.15) is 12.8 Å². The van der Waals surface area contributed by atoms with Crippen LogP contribution >= 0.6 is 11.8 Å². The van der Waals surface area contributed by atoms with Gasteiger partial charge < -0.3 is 23.5 Å². The van der Waals surface area contributed by atoms with Gasteiger partial charge in [-0.05, 0) is 31.0 Å². The van der Waals surface area contributed by atoms with Gasteiger partial charge in [0.25, 0.3) is 0 Å². The van der Waals surface area contributed by atoms with Gasteiger partial charge in [0, 0.05) is 38.2 Å². The van der Waals surface area contributed by atoms with Crippen LogP contribution in [0.2, 0.25) is 0 Å². The van der Waals surface area contributed by atoms with E-state index in [1.54, 1.807) is 27.4 Å². The highest BCUT2D eigenvalue weighted by Crippen LogP contribution is 2.33. The average molecular weight is 449 g/mol. The van der Waals surface area contributed by atoms with Crippen molar-refractivity contribution in [2.75, 3.05) is 46.9 Å². The molecule has 11 heteroatoms. The molecule has 1 aromatic heterocycles. The molecule has 2 aromatic rings. The molecule has 0 amide bonds. The van der Waals surface area contributed by atoms with E-state index >= 15 is 0 Å². The number of rotatable bonds is 13. The van der Waals surface area contributed by atoms with Gasteiger partial charge in [-0.15, -0.1) is 10.2 Å². The minimum absolute atomic E-state index is 0.0346. The third kappa shape index (κ3) is 7.37. The van der Waals surface area contributed by atoms with Gasteiger partial charge in [-0.3, -0.25) is 0 Å². The SMILES string of the molecule is COCCCn1c(SCCCOCC(F)(F)F)nnc1-c1ccc(OC)c(OC)c1. The maximum atomic E-state index is 12.1. The third-order valence-corrected chi connectivity index (χ3v) is 5.07. The number of halogens is 3. The lowest BCUT2D eigenvalue weighted by Gasteiger charge is -2.12. The molecule has 0 bridgehead atoms. The van der Waals surface area contributed by atoms with E-state index in [4.69, 9.17) is 14.2 Å². The predicted octanol–water partition coefficient (Wildman–Crippen LogP) is 4.06. The number of benzene rings is 1. The standard InChI is InChI=1S/C19H26F3N3O4S/c1-26-9-4-8-25-17(14-6-7-15(27-2)16(12-14)28-3)23-24-18(25)30-11-5-10-29-13-19(20,21)22/h6-7,12H,4-5,8-11,13H2,1-3H3. The molecule has 0 aliphatic rings. The Kier molecular flexibility index (Phi) is 9.73. The molecular formula is C19H26F3N3O4S. The zero-order valence-electron chi connectivity index (χ0n) is 17.2. The second-order valence-electron chi connectivity index (χ2n) is 6.24. The van der Waals surface area contributed by atoms with E-state index < -0.39 is 12.8 Å². The highest BCUT2D eigenvalue weighted by atomic mass is 32.2. The number of alkyl halides is 3. The summed E-state index contributed by atoms with van der Waals surface area (Å²) in [7, 11) is 4.77. The van der Waals surface area contributed by atoms with E-state index in [2.05, 4.69) is 14.9 Å². The predicted molar refractivity (Wildman–Crippen MR) is 107 cm³/mol. The number of hydrogen-bond acceptors (Lipinski definition) is 7. The molecular weight excluding hydrogens is 423 g/mol. The van der Waals surface area contributed by atoms with E-state index in [1.807, 2.05) is 16.7 Å². The molecule has 0 N–H and O–H groups in total. The lowest BCUT2D eigenvalue weighted by atomic mass is 10.2. The van der Waals surface area contributed by atoms with E-state index in [0.29, 0.717) is 47.8 Å². The van der Waals surface area contributed by atoms with Gasteiger partial charge in [-0.2, -0.15) is 13.2 Å². The van der Waals surface area contributed by atoms with Gasteiger partial charge in [0.05, 0.1) is 14.2 Å². The molecule has 0 atom stereocenters. The number of ether oxygens (including phenoxy) is 4. The van der Waals surface area contributed by atoms with Crippen molar-refractivity contribution in [3.05, 3.63) is 18.2 Å². The summed E-state index contributed by atoms with van der Waals surface area (Å²) in [5.74, 6) is 2.42. The first-order chi connectivity index (χ1) is 14.4. The van der Waals surface area contributed by atoms with Crippen LogP contribution < -0.4 is 9.47 Å². The normalized spacial score (nSPS) is 11.7. The van der Waals surface area contributed by atoms with Crippen LogP contribution in [0.3, 0.4) is 0 Å². The van der Waals surface area contributed by atoms with E-state index in [0.717, 1.165) is 12.0 Å². The molecule has 7 nitrogen and oxygen atoms in total. The molecule has 168 valence electrons. The zero-order valence-corrected chi connectivity index (χ0v) is 18.0. The lowest BCUT2D eigenvalue weighted by Crippen LogP contribution is -2.17. The van der Waals surface area contributed by atoms with Gasteiger partial charge >= 0.3 is 6.18 Å². The summed E-state index contributed by atoms with van der Waals surface area (Å²) in [6.45, 7) is 0.0253. The van der Waals surface area contributed by atoms with Crippen LogP contribution in [0.25, 0.3) is 11.4 Å². The number of hydrogen-bond donors (Lipinski definition) is 0. The fourth-order valence-corrected chi connectivity index (χ4v) is 3.54. The van der Waals surface area contributed by atoms with Crippen molar-refractivity contribution in [3.8, 4) is 22.9 Å². The van der Waals surface area contributed by atoms with Gasteiger partial charge in [0.15, 0.2) is 22.5 Å². The Bertz CT molecular complexity index is 787. The second-order valence-corrected chi connectivity index (χ2v) is 7.31. The van der Waals surface area contributed by atoms with E-state index in [-0.39, 0.29) is 6.61 Å². The van der Waals surface area contributed by atoms with Crippen molar-refractivity contribution >= 4 is 11.8 Å². The summed E-state index contributed by atoms with van der Waals surface area (Å²) in [5, 5.41) is 9.27. The fourth-order valence-electron chi connectivity index (χ4n) is 2.67. The van der Waals surface area contributed by atoms with Crippen molar-refractivity contribution in [1.82, 2.24) is 14.8 Å². The smallest absolute Gasteiger partial charge is 0.411 e. The highest BCUT2D eigenvalue weighted by Gasteiger charge is 2.27. The molecule has 1 heterocycles. The van der Waals surface area contributed by atoms with Crippen molar-refractivity contribution in [1.29, 1.82) is 0 Å². The van der Waals surface area contributed by atoms with Gasteiger partial charge in [-0.25, -0.2) is 0 Å². The topological polar surface area (TPSA) is 67.6 Å². The van der Waals surface area contributed by atoms with Crippen LogP contribution in [0.4, 0.5) is 13.2 Å². The summed E-state index contributed by atoms with van der Waals surface area (Å²) in [4.78, 5) is 0. The molecule has 1 aromatic carbocycles. The molecule has 0 unspecified atom stereocenters. The monoisotopic (exact) mass is 449 g/mol. The van der Waals surface area contributed by atoms with Gasteiger partial charge in [0.1, 0.15) is 6.61 Å². The van der Waals surface area contributed by atoms with Crippen LogP contribution in [-0.2, 0) is 16.0 Å². The summed E-state index contributed by atoms with van der Waals surface area (Å²) < 4.78 is 58.8. The van der Waals surface area contributed by atoms with Crippen molar-refractivity contribution in [2.45, 2.75) is 30.7 Å². The Balaban J connectivity index is 2.09. The first-order valence-corrected chi connectivity index (χ1v) is 10.3. The largest absolute Gasteiger partial charge is 0.493 e. The first-order valence-electron chi connectivity index (χ1n) is 9.31. The first kappa shape index (κ1) is 24.3. The maximum absolute atomic E-state index is 12.1. The molecule has 0 saturated heterocycles. The van der Waals surface area contributed by atoms with Crippen molar-refractivity contribution in [3.63, 3.8) is 0 Å². The number of aromatic nitrogens is 3. The van der Waals surface area contributed by atoms with Crippen LogP contribution in [-0.4, -0.2) is 67.8 Å². The van der Waals surface area contributed by atoms with Crippen molar-refractivity contribution in [2.24, 2.45) is 0 Å². The Labute approximate surface area is 177 Å². The van der Waals surface area contributed by atoms with E-state index in [9.17, 15) is 13.2 Å². The lowest BCUT2D eigenvalue weighted by molar-refractivity contribution is -0.173. The van der Waals surface area contributed by atoms with Crippen LogP contribution in [0.5, 0.6) is 11.5 Å². The minimum atomic E-state index is -4.30. The number of methoxy groups -OCH3 is 3. The summed E-state index contributed by atoms with van der Waals surface area (Å²) >= 11 is 1.43. The van der Waals surface area contributed by atoms with E-state index in [1.165, 1.54) is 11.8 Å². The maximum Gasteiger partial charge on any atom is 0.411 e. The zero-order chi connectivity index (χ0) is 22.0.